The van der Waals surface area contributed by atoms with Gasteiger partial charge in [0.05, 0.1) is 5.56 Å². The van der Waals surface area contributed by atoms with E-state index in [0.717, 1.165) is 23.0 Å². The second-order valence-electron chi connectivity index (χ2n) is 8.68. The first-order valence-corrected chi connectivity index (χ1v) is 10.0. The minimum absolute atomic E-state index is 0.0255. The monoisotopic (exact) mass is 355 g/mol. The van der Waals surface area contributed by atoms with Gasteiger partial charge >= 0.3 is 0 Å². The molecule has 5 unspecified atom stereocenters. The Bertz CT molecular complexity index is 741. The zero-order chi connectivity index (χ0) is 18.4. The van der Waals surface area contributed by atoms with E-state index in [4.69, 9.17) is 4.74 Å². The molecule has 2 bridgehead atoms. The average molecular weight is 355 g/mol. The minimum Gasteiger partial charge on any atom is -0.483 e. The van der Waals surface area contributed by atoms with Gasteiger partial charge in [-0.1, -0.05) is 19.4 Å². The Labute approximate surface area is 155 Å². The second kappa shape index (κ2) is 6.71. The number of ketones is 1. The van der Waals surface area contributed by atoms with Crippen molar-refractivity contribution in [2.75, 3.05) is 6.61 Å². The van der Waals surface area contributed by atoms with Gasteiger partial charge in [-0.2, -0.15) is 0 Å². The molecule has 0 spiro atoms. The van der Waals surface area contributed by atoms with Crippen LogP contribution in [0.4, 0.5) is 0 Å². The summed E-state index contributed by atoms with van der Waals surface area (Å²) in [5.74, 6) is 3.11. The third-order valence-electron chi connectivity index (χ3n) is 6.87. The molecule has 4 rings (SSSR count). The lowest BCUT2D eigenvalue weighted by molar-refractivity contribution is -0.124. The maximum absolute atomic E-state index is 12.4. The Morgan fingerprint density at radius 3 is 2.81 bits per heavy atom. The normalized spacial score (nSPS) is 30.3. The summed E-state index contributed by atoms with van der Waals surface area (Å²) in [6, 6.07) is 4.02. The average Bonchev–Trinajstić information content (AvgIpc) is 3.29. The van der Waals surface area contributed by atoms with Gasteiger partial charge < -0.3 is 10.1 Å². The number of carbonyl (C=O) groups excluding carboxylic acids is 2. The Balaban J connectivity index is 1.37. The highest BCUT2D eigenvalue weighted by atomic mass is 16.5. The van der Waals surface area contributed by atoms with Crippen LogP contribution in [0.25, 0.3) is 0 Å². The summed E-state index contributed by atoms with van der Waals surface area (Å²) >= 11 is 0. The van der Waals surface area contributed by atoms with E-state index in [0.29, 0.717) is 23.7 Å². The maximum atomic E-state index is 12.4. The van der Waals surface area contributed by atoms with E-state index in [9.17, 15) is 9.59 Å². The lowest BCUT2D eigenvalue weighted by atomic mass is 9.84. The molecule has 0 aromatic heterocycles. The van der Waals surface area contributed by atoms with E-state index in [1.807, 2.05) is 19.1 Å². The van der Waals surface area contributed by atoms with Crippen LogP contribution in [0.1, 0.15) is 73.4 Å². The Morgan fingerprint density at radius 2 is 2.12 bits per heavy atom. The Hall–Kier alpha value is -1.84. The predicted molar refractivity (Wildman–Crippen MR) is 101 cm³/mol. The van der Waals surface area contributed by atoms with Gasteiger partial charge in [-0.15, -0.1) is 0 Å². The van der Waals surface area contributed by atoms with Crippen molar-refractivity contribution in [3.05, 3.63) is 28.8 Å². The first kappa shape index (κ1) is 17.6. The van der Waals surface area contributed by atoms with E-state index in [1.165, 1.54) is 25.7 Å². The van der Waals surface area contributed by atoms with Crippen LogP contribution in [-0.2, 0) is 4.79 Å². The van der Waals surface area contributed by atoms with Gasteiger partial charge in [-0.25, -0.2) is 0 Å². The molecule has 140 valence electrons. The number of amides is 1. The molecule has 26 heavy (non-hydrogen) atoms. The Morgan fingerprint density at radius 1 is 1.31 bits per heavy atom. The molecule has 0 radical (unpaired) electrons. The number of ether oxygens (including phenoxy) is 1. The summed E-state index contributed by atoms with van der Waals surface area (Å²) in [6.07, 6.45) is 5.82. The summed E-state index contributed by atoms with van der Waals surface area (Å²) in [5.41, 5.74) is 2.90. The van der Waals surface area contributed by atoms with Gasteiger partial charge in [0.25, 0.3) is 5.91 Å². The smallest absolute Gasteiger partial charge is 0.258 e. The Kier molecular flexibility index (Phi) is 4.54. The predicted octanol–water partition coefficient (Wildman–Crippen LogP) is 4.00. The third-order valence-corrected chi connectivity index (χ3v) is 6.87. The van der Waals surface area contributed by atoms with Crippen LogP contribution in [0.2, 0.25) is 0 Å². The number of benzene rings is 1. The number of carbonyl (C=O) groups is 2. The zero-order valence-corrected chi connectivity index (χ0v) is 16.0. The SMILES string of the molecule is Cc1ccc(OCC(=O)NC(C)C2CC3CCC2C3)c2c1C(C)CC2=O. The third kappa shape index (κ3) is 3.04. The van der Waals surface area contributed by atoms with Crippen molar-refractivity contribution in [1.29, 1.82) is 0 Å². The number of fused-ring (bicyclic) bond motifs is 3. The number of aryl methyl sites for hydroxylation is 1. The molecule has 0 saturated heterocycles. The molecule has 1 N–H and O–H groups in total. The molecule has 0 aliphatic heterocycles. The van der Waals surface area contributed by atoms with Gasteiger partial charge in [0, 0.05) is 12.5 Å². The standard InChI is InChI=1S/C22H29NO3/c1-12-4-7-19(22-18(24)8-13(2)21(12)22)26-11-20(25)23-14(3)17-10-15-5-6-16(17)9-15/h4,7,13-17H,5-6,8-11H2,1-3H3,(H,23,25). The molecular formula is C22H29NO3. The first-order chi connectivity index (χ1) is 12.4. The van der Waals surface area contributed by atoms with E-state index < -0.39 is 0 Å². The highest BCUT2D eigenvalue weighted by Crippen LogP contribution is 2.49. The van der Waals surface area contributed by atoms with E-state index in [2.05, 4.69) is 19.2 Å². The largest absolute Gasteiger partial charge is 0.483 e. The van der Waals surface area contributed by atoms with Crippen molar-refractivity contribution < 1.29 is 14.3 Å². The van der Waals surface area contributed by atoms with Crippen LogP contribution in [-0.4, -0.2) is 24.3 Å². The zero-order valence-electron chi connectivity index (χ0n) is 16.0. The fourth-order valence-corrected chi connectivity index (χ4v) is 5.68. The lowest BCUT2D eigenvalue weighted by Gasteiger charge is -2.28. The van der Waals surface area contributed by atoms with Crippen molar-refractivity contribution in [3.63, 3.8) is 0 Å². The molecule has 0 heterocycles. The van der Waals surface area contributed by atoms with Crippen LogP contribution < -0.4 is 10.1 Å². The molecule has 2 saturated carbocycles. The summed E-state index contributed by atoms with van der Waals surface area (Å²) in [4.78, 5) is 24.7. The van der Waals surface area contributed by atoms with Gasteiger partial charge in [0.15, 0.2) is 12.4 Å². The highest BCUT2D eigenvalue weighted by molar-refractivity contribution is 6.04. The summed E-state index contributed by atoms with van der Waals surface area (Å²) in [5, 5.41) is 3.13. The number of nitrogens with one attached hydrogen (secondary N) is 1. The molecular weight excluding hydrogens is 326 g/mol. The fraction of sp³-hybridized carbons (Fsp3) is 0.636. The molecule has 1 amide bonds. The molecule has 4 nitrogen and oxygen atoms in total. The topological polar surface area (TPSA) is 55.4 Å². The molecule has 3 aliphatic rings. The molecule has 2 fully saturated rings. The first-order valence-electron chi connectivity index (χ1n) is 10.0. The number of Topliss-reactive ketones (excluding diaryl/α,β-unsaturated/α-hetero) is 1. The van der Waals surface area contributed by atoms with E-state index >= 15 is 0 Å². The fourth-order valence-electron chi connectivity index (χ4n) is 5.68. The van der Waals surface area contributed by atoms with Crippen LogP contribution in [0, 0.1) is 24.7 Å². The van der Waals surface area contributed by atoms with Gasteiger partial charge in [-0.05, 0) is 74.0 Å². The van der Waals surface area contributed by atoms with Crippen molar-refractivity contribution in [2.45, 2.75) is 64.8 Å². The molecule has 5 atom stereocenters. The van der Waals surface area contributed by atoms with Gasteiger partial charge in [0.1, 0.15) is 5.75 Å². The van der Waals surface area contributed by atoms with E-state index in [1.54, 1.807) is 0 Å². The van der Waals surface area contributed by atoms with Crippen LogP contribution >= 0.6 is 0 Å². The molecule has 4 heteroatoms. The summed E-state index contributed by atoms with van der Waals surface area (Å²) < 4.78 is 5.78. The number of hydrogen-bond donors (Lipinski definition) is 1. The second-order valence-corrected chi connectivity index (χ2v) is 8.68. The number of hydrogen-bond acceptors (Lipinski definition) is 3. The van der Waals surface area contributed by atoms with Crippen molar-refractivity contribution in [2.24, 2.45) is 17.8 Å². The quantitative estimate of drug-likeness (QED) is 0.868. The van der Waals surface area contributed by atoms with Crippen molar-refractivity contribution >= 4 is 11.7 Å². The van der Waals surface area contributed by atoms with Gasteiger partial charge in [0.2, 0.25) is 0 Å². The number of rotatable bonds is 5. The molecule has 1 aromatic carbocycles. The van der Waals surface area contributed by atoms with Crippen LogP contribution in [0.3, 0.4) is 0 Å². The minimum atomic E-state index is -0.0897. The summed E-state index contributed by atoms with van der Waals surface area (Å²) in [7, 11) is 0. The van der Waals surface area contributed by atoms with Gasteiger partial charge in [-0.3, -0.25) is 9.59 Å². The van der Waals surface area contributed by atoms with Crippen LogP contribution in [0.15, 0.2) is 12.1 Å². The van der Waals surface area contributed by atoms with Crippen molar-refractivity contribution in [3.8, 4) is 5.75 Å². The molecule has 3 aliphatic carbocycles. The maximum Gasteiger partial charge on any atom is 0.258 e. The molecule has 1 aromatic rings. The van der Waals surface area contributed by atoms with Crippen molar-refractivity contribution in [1.82, 2.24) is 5.32 Å². The highest BCUT2D eigenvalue weighted by Gasteiger charge is 2.42. The summed E-state index contributed by atoms with van der Waals surface area (Å²) in [6.45, 7) is 6.20. The van der Waals surface area contributed by atoms with Crippen LogP contribution in [0.5, 0.6) is 5.75 Å². The lowest BCUT2D eigenvalue weighted by Crippen LogP contribution is -2.42. The van der Waals surface area contributed by atoms with E-state index in [-0.39, 0.29) is 30.3 Å².